The second kappa shape index (κ2) is 11.4. The number of aliphatic carboxylic acids is 2. The maximum Gasteiger partial charge on any atom is 0.322 e. The Morgan fingerprint density at radius 1 is 0.889 bits per heavy atom. The van der Waals surface area contributed by atoms with Crippen LogP contribution in [-0.2, 0) is 28.8 Å². The molecular formula is C14H23N5O8. The van der Waals surface area contributed by atoms with Crippen molar-refractivity contribution < 1.29 is 39.0 Å². The molecule has 0 aromatic heterocycles. The van der Waals surface area contributed by atoms with Gasteiger partial charge in [0, 0.05) is 6.42 Å². The number of carbonyl (C=O) groups excluding carboxylic acids is 4. The average molecular weight is 389 g/mol. The molecule has 0 heterocycles. The number of carboxylic acid groups (broad SMARTS) is 2. The van der Waals surface area contributed by atoms with Crippen LogP contribution in [0.2, 0.25) is 0 Å². The predicted octanol–water partition coefficient (Wildman–Crippen LogP) is -3.76. The van der Waals surface area contributed by atoms with Crippen molar-refractivity contribution >= 4 is 35.6 Å². The van der Waals surface area contributed by atoms with E-state index in [1.165, 1.54) is 6.92 Å². The Labute approximate surface area is 153 Å². The minimum atomic E-state index is -1.51. The lowest BCUT2D eigenvalue weighted by atomic mass is 10.1. The number of primary amides is 1. The summed E-state index contributed by atoms with van der Waals surface area (Å²) in [4.78, 5) is 68.3. The zero-order valence-electron chi connectivity index (χ0n) is 14.6. The van der Waals surface area contributed by atoms with Crippen LogP contribution in [0.15, 0.2) is 0 Å². The van der Waals surface area contributed by atoms with E-state index in [4.69, 9.17) is 21.7 Å². The molecule has 4 amide bonds. The largest absolute Gasteiger partial charge is 0.481 e. The maximum absolute atomic E-state index is 12.3. The molecule has 3 unspecified atom stereocenters. The fourth-order valence-corrected chi connectivity index (χ4v) is 1.81. The van der Waals surface area contributed by atoms with Crippen molar-refractivity contribution in [1.82, 2.24) is 16.0 Å². The minimum Gasteiger partial charge on any atom is -0.481 e. The first kappa shape index (κ1) is 23.8. The molecule has 13 heteroatoms. The molecule has 27 heavy (non-hydrogen) atoms. The van der Waals surface area contributed by atoms with Gasteiger partial charge in [0.15, 0.2) is 0 Å². The first-order valence-electron chi connectivity index (χ1n) is 7.80. The first-order chi connectivity index (χ1) is 12.4. The van der Waals surface area contributed by atoms with Gasteiger partial charge >= 0.3 is 11.9 Å². The van der Waals surface area contributed by atoms with Gasteiger partial charge in [0.2, 0.25) is 23.6 Å². The van der Waals surface area contributed by atoms with Gasteiger partial charge in [-0.2, -0.15) is 0 Å². The molecule has 0 aliphatic heterocycles. The van der Waals surface area contributed by atoms with Gasteiger partial charge in [0.25, 0.3) is 0 Å². The van der Waals surface area contributed by atoms with E-state index in [9.17, 15) is 28.8 Å². The standard InChI is InChI=1S/C14H23N5O8/c1-6(15)12(25)18-7(2-3-10(21)22)14(27)19-8(4-9(16)20)13(26)17-5-11(23)24/h6-8H,2-5,15H2,1H3,(H2,16,20)(H,17,26)(H,18,25)(H,19,27)(H,21,22)(H,23,24). The van der Waals surface area contributed by atoms with E-state index in [1.807, 2.05) is 5.32 Å². The number of amides is 4. The van der Waals surface area contributed by atoms with E-state index in [2.05, 4.69) is 10.6 Å². The summed E-state index contributed by atoms with van der Waals surface area (Å²) >= 11 is 0. The van der Waals surface area contributed by atoms with E-state index < -0.39 is 73.1 Å². The van der Waals surface area contributed by atoms with Gasteiger partial charge in [-0.15, -0.1) is 0 Å². The number of carbonyl (C=O) groups is 6. The lowest BCUT2D eigenvalue weighted by molar-refractivity contribution is -0.138. The Balaban J connectivity index is 5.21. The third kappa shape index (κ3) is 10.4. The molecule has 0 bridgehead atoms. The second-order valence-electron chi connectivity index (χ2n) is 5.63. The van der Waals surface area contributed by atoms with E-state index in [1.54, 1.807) is 0 Å². The van der Waals surface area contributed by atoms with Crippen molar-refractivity contribution in [2.45, 2.75) is 44.3 Å². The normalized spacial score (nSPS) is 13.6. The van der Waals surface area contributed by atoms with Crippen LogP contribution in [0, 0.1) is 0 Å². The van der Waals surface area contributed by atoms with Crippen molar-refractivity contribution in [1.29, 1.82) is 0 Å². The van der Waals surface area contributed by atoms with Crippen molar-refractivity contribution in [3.05, 3.63) is 0 Å². The van der Waals surface area contributed by atoms with Crippen molar-refractivity contribution in [2.24, 2.45) is 11.5 Å². The molecule has 0 saturated heterocycles. The lowest BCUT2D eigenvalue weighted by Crippen LogP contribution is -2.56. The van der Waals surface area contributed by atoms with Crippen molar-refractivity contribution in [3.8, 4) is 0 Å². The lowest BCUT2D eigenvalue weighted by Gasteiger charge is -2.22. The highest BCUT2D eigenvalue weighted by Crippen LogP contribution is 2.02. The molecule has 0 radical (unpaired) electrons. The predicted molar refractivity (Wildman–Crippen MR) is 88.8 cm³/mol. The van der Waals surface area contributed by atoms with Crippen LogP contribution < -0.4 is 27.4 Å². The van der Waals surface area contributed by atoms with E-state index in [0.29, 0.717) is 0 Å². The number of carboxylic acids is 2. The third-order valence-electron chi connectivity index (χ3n) is 3.15. The molecule has 0 aliphatic carbocycles. The summed E-state index contributed by atoms with van der Waals surface area (Å²) in [5, 5.41) is 23.7. The second-order valence-corrected chi connectivity index (χ2v) is 5.63. The van der Waals surface area contributed by atoms with E-state index >= 15 is 0 Å². The maximum atomic E-state index is 12.3. The van der Waals surface area contributed by atoms with E-state index in [0.717, 1.165) is 0 Å². The van der Waals surface area contributed by atoms with Crippen LogP contribution in [0.1, 0.15) is 26.2 Å². The zero-order valence-corrected chi connectivity index (χ0v) is 14.6. The van der Waals surface area contributed by atoms with Gasteiger partial charge in [0.1, 0.15) is 18.6 Å². The van der Waals surface area contributed by atoms with Crippen molar-refractivity contribution in [3.63, 3.8) is 0 Å². The molecule has 152 valence electrons. The van der Waals surface area contributed by atoms with Crippen LogP contribution in [0.3, 0.4) is 0 Å². The topological polar surface area (TPSA) is 231 Å². The Morgan fingerprint density at radius 2 is 1.44 bits per heavy atom. The molecule has 0 aliphatic rings. The SMILES string of the molecule is CC(N)C(=O)NC(CCC(=O)O)C(=O)NC(CC(N)=O)C(=O)NCC(=O)O. The molecule has 0 saturated carbocycles. The van der Waals surface area contributed by atoms with Crippen LogP contribution >= 0.6 is 0 Å². The minimum absolute atomic E-state index is 0.306. The highest BCUT2D eigenvalue weighted by atomic mass is 16.4. The molecule has 13 nitrogen and oxygen atoms in total. The molecule has 9 N–H and O–H groups in total. The Morgan fingerprint density at radius 3 is 1.89 bits per heavy atom. The average Bonchev–Trinajstić information content (AvgIpc) is 2.54. The van der Waals surface area contributed by atoms with Gasteiger partial charge < -0.3 is 37.6 Å². The summed E-state index contributed by atoms with van der Waals surface area (Å²) < 4.78 is 0. The third-order valence-corrected chi connectivity index (χ3v) is 3.15. The molecule has 0 spiro atoms. The monoisotopic (exact) mass is 389 g/mol. The fourth-order valence-electron chi connectivity index (χ4n) is 1.81. The summed E-state index contributed by atoms with van der Waals surface area (Å²) in [6.45, 7) is 0.588. The van der Waals surface area contributed by atoms with Gasteiger partial charge in [-0.3, -0.25) is 28.8 Å². The Bertz CT molecular complexity index is 606. The number of rotatable bonds is 12. The highest BCUT2D eigenvalue weighted by molar-refractivity contribution is 5.95. The molecule has 0 aromatic rings. The smallest absolute Gasteiger partial charge is 0.322 e. The molecule has 3 atom stereocenters. The summed E-state index contributed by atoms with van der Waals surface area (Å²) in [5.41, 5.74) is 10.4. The van der Waals surface area contributed by atoms with Crippen LogP contribution in [0.4, 0.5) is 0 Å². The first-order valence-corrected chi connectivity index (χ1v) is 7.80. The number of hydrogen-bond acceptors (Lipinski definition) is 7. The summed E-state index contributed by atoms with van der Waals surface area (Å²) in [7, 11) is 0. The molecular weight excluding hydrogens is 366 g/mol. The van der Waals surface area contributed by atoms with Crippen LogP contribution in [0.5, 0.6) is 0 Å². The summed E-state index contributed by atoms with van der Waals surface area (Å²) in [5.74, 6) is -6.21. The van der Waals surface area contributed by atoms with Gasteiger partial charge in [-0.05, 0) is 13.3 Å². The molecule has 0 fully saturated rings. The quantitative estimate of drug-likeness (QED) is 0.173. The molecule has 0 aromatic carbocycles. The highest BCUT2D eigenvalue weighted by Gasteiger charge is 2.29. The number of nitrogens with one attached hydrogen (secondary N) is 3. The number of hydrogen-bond donors (Lipinski definition) is 7. The number of nitrogens with two attached hydrogens (primary N) is 2. The molecule has 0 rings (SSSR count). The van der Waals surface area contributed by atoms with Gasteiger partial charge in [0.05, 0.1) is 12.5 Å². The Kier molecular flexibility index (Phi) is 10.0. The summed E-state index contributed by atoms with van der Waals surface area (Å²) in [6, 6.07) is -3.83. The van der Waals surface area contributed by atoms with Crippen molar-refractivity contribution in [2.75, 3.05) is 6.54 Å². The zero-order chi connectivity index (χ0) is 21.1. The summed E-state index contributed by atoms with van der Waals surface area (Å²) in [6.07, 6.45) is -1.41. The fraction of sp³-hybridized carbons (Fsp3) is 0.571. The van der Waals surface area contributed by atoms with Crippen LogP contribution in [-0.4, -0.2) is 70.5 Å². The van der Waals surface area contributed by atoms with Gasteiger partial charge in [-0.25, -0.2) is 0 Å². The van der Waals surface area contributed by atoms with Gasteiger partial charge in [-0.1, -0.05) is 0 Å². The van der Waals surface area contributed by atoms with Crippen LogP contribution in [0.25, 0.3) is 0 Å². The Hall–Kier alpha value is -3.22. The van der Waals surface area contributed by atoms with E-state index in [-0.39, 0.29) is 6.42 Å².